The Morgan fingerprint density at radius 3 is 2.38 bits per heavy atom. The molecule has 2 rings (SSSR count). The molecule has 0 radical (unpaired) electrons. The van der Waals surface area contributed by atoms with Crippen LogP contribution in [0.25, 0.3) is 0 Å². The van der Waals surface area contributed by atoms with Gasteiger partial charge in [0.05, 0.1) is 11.4 Å². The fourth-order valence-electron chi connectivity index (χ4n) is 1.54. The van der Waals surface area contributed by atoms with Crippen LogP contribution in [0.1, 0.15) is 5.56 Å². The van der Waals surface area contributed by atoms with E-state index in [0.717, 1.165) is 9.87 Å². The molecule has 0 aromatic heterocycles. The van der Waals surface area contributed by atoms with Crippen LogP contribution in [0.4, 0.5) is 4.39 Å². The summed E-state index contributed by atoms with van der Waals surface area (Å²) in [7, 11) is -3.55. The molecule has 16 heavy (non-hydrogen) atoms. The van der Waals surface area contributed by atoms with Crippen molar-refractivity contribution in [2.45, 2.75) is 11.8 Å². The average molecular weight is 241 g/mol. The van der Waals surface area contributed by atoms with Crippen molar-refractivity contribution in [3.05, 3.63) is 41.7 Å². The van der Waals surface area contributed by atoms with Gasteiger partial charge >= 0.3 is 0 Å². The molecular formula is C11H12FNO2S. The minimum atomic E-state index is -3.55. The molecule has 1 aromatic carbocycles. The number of benzene rings is 1. The summed E-state index contributed by atoms with van der Waals surface area (Å²) < 4.78 is 38.0. The van der Waals surface area contributed by atoms with Crippen LogP contribution in [0.15, 0.2) is 41.1 Å². The third kappa shape index (κ3) is 2.01. The van der Waals surface area contributed by atoms with Crippen LogP contribution in [0.5, 0.6) is 0 Å². The van der Waals surface area contributed by atoms with Crippen LogP contribution < -0.4 is 0 Å². The van der Waals surface area contributed by atoms with E-state index in [0.29, 0.717) is 0 Å². The first-order valence-electron chi connectivity index (χ1n) is 4.91. The molecule has 1 aromatic rings. The standard InChI is InChI=1S/C11H12FNO2S/c1-9-2-4-11(5-3-9)16(14,15)13-7-6-10(12)8-13/h2-6H,7-8H2,1H3. The fraction of sp³-hybridized carbons (Fsp3) is 0.273. The van der Waals surface area contributed by atoms with Crippen LogP contribution in [-0.2, 0) is 10.0 Å². The van der Waals surface area contributed by atoms with E-state index in [9.17, 15) is 12.8 Å². The van der Waals surface area contributed by atoms with Gasteiger partial charge in [0.25, 0.3) is 0 Å². The van der Waals surface area contributed by atoms with Gasteiger partial charge in [0, 0.05) is 6.54 Å². The highest BCUT2D eigenvalue weighted by Gasteiger charge is 2.27. The van der Waals surface area contributed by atoms with Gasteiger partial charge in [-0.3, -0.25) is 0 Å². The first kappa shape index (κ1) is 11.3. The molecule has 0 bridgehead atoms. The van der Waals surface area contributed by atoms with E-state index in [2.05, 4.69) is 0 Å². The summed E-state index contributed by atoms with van der Waals surface area (Å²) in [5.74, 6) is -0.393. The number of sulfonamides is 1. The highest BCUT2D eigenvalue weighted by molar-refractivity contribution is 7.89. The molecule has 0 fully saturated rings. The molecule has 0 amide bonds. The van der Waals surface area contributed by atoms with E-state index in [1.807, 2.05) is 6.92 Å². The first-order chi connectivity index (χ1) is 7.50. The summed E-state index contributed by atoms with van der Waals surface area (Å²) in [6, 6.07) is 6.54. The van der Waals surface area contributed by atoms with Gasteiger partial charge in [-0.05, 0) is 25.1 Å². The summed E-state index contributed by atoms with van der Waals surface area (Å²) in [5, 5.41) is 0. The molecule has 1 heterocycles. The Labute approximate surface area is 94.2 Å². The number of rotatable bonds is 2. The lowest BCUT2D eigenvalue weighted by molar-refractivity contribution is 0.462. The molecule has 5 heteroatoms. The minimum Gasteiger partial charge on any atom is -0.211 e. The summed E-state index contributed by atoms with van der Waals surface area (Å²) in [6.07, 6.45) is 1.28. The fourth-order valence-corrected chi connectivity index (χ4v) is 2.88. The van der Waals surface area contributed by atoms with Gasteiger partial charge in [0.1, 0.15) is 5.83 Å². The number of halogens is 1. The Balaban J connectivity index is 2.30. The molecule has 3 nitrogen and oxygen atoms in total. The number of nitrogens with zero attached hydrogens (tertiary/aromatic N) is 1. The minimum absolute atomic E-state index is 0.113. The molecule has 0 saturated carbocycles. The third-order valence-electron chi connectivity index (χ3n) is 2.50. The highest BCUT2D eigenvalue weighted by Crippen LogP contribution is 2.21. The quantitative estimate of drug-likeness (QED) is 0.792. The zero-order valence-corrected chi connectivity index (χ0v) is 9.67. The monoisotopic (exact) mass is 241 g/mol. The van der Waals surface area contributed by atoms with Gasteiger partial charge in [0.2, 0.25) is 10.0 Å². The normalized spacial score (nSPS) is 17.5. The van der Waals surface area contributed by atoms with Crippen molar-refractivity contribution in [2.24, 2.45) is 0 Å². The molecule has 0 aliphatic carbocycles. The van der Waals surface area contributed by atoms with E-state index >= 15 is 0 Å². The van der Waals surface area contributed by atoms with Gasteiger partial charge in [-0.2, -0.15) is 4.31 Å². The number of hydrogen-bond donors (Lipinski definition) is 0. The first-order valence-corrected chi connectivity index (χ1v) is 6.35. The average Bonchev–Trinajstić information content (AvgIpc) is 2.66. The Morgan fingerprint density at radius 2 is 1.88 bits per heavy atom. The molecular weight excluding hydrogens is 229 g/mol. The van der Waals surface area contributed by atoms with Crippen LogP contribution in [-0.4, -0.2) is 25.8 Å². The molecule has 0 atom stereocenters. The molecule has 0 saturated heterocycles. The molecule has 0 unspecified atom stereocenters. The van der Waals surface area contributed by atoms with Crippen molar-refractivity contribution >= 4 is 10.0 Å². The van der Waals surface area contributed by atoms with Gasteiger partial charge < -0.3 is 0 Å². The third-order valence-corrected chi connectivity index (χ3v) is 4.33. The lowest BCUT2D eigenvalue weighted by Gasteiger charge is -2.15. The van der Waals surface area contributed by atoms with Crippen molar-refractivity contribution in [3.63, 3.8) is 0 Å². The molecule has 0 N–H and O–H groups in total. The van der Waals surface area contributed by atoms with Crippen LogP contribution in [0.2, 0.25) is 0 Å². The lowest BCUT2D eigenvalue weighted by atomic mass is 10.2. The van der Waals surface area contributed by atoms with E-state index in [1.165, 1.54) is 6.08 Å². The smallest absolute Gasteiger partial charge is 0.211 e. The summed E-state index contributed by atoms with van der Waals surface area (Å²) in [4.78, 5) is 0.209. The molecule has 1 aliphatic heterocycles. The van der Waals surface area contributed by atoms with E-state index in [1.54, 1.807) is 24.3 Å². The maximum Gasteiger partial charge on any atom is 0.243 e. The maximum atomic E-state index is 12.8. The van der Waals surface area contributed by atoms with Crippen molar-refractivity contribution < 1.29 is 12.8 Å². The summed E-state index contributed by atoms with van der Waals surface area (Å²) >= 11 is 0. The largest absolute Gasteiger partial charge is 0.243 e. The Kier molecular flexibility index (Phi) is 2.82. The van der Waals surface area contributed by atoms with Gasteiger partial charge in [-0.25, -0.2) is 12.8 Å². The Bertz CT molecular complexity index is 519. The van der Waals surface area contributed by atoms with Crippen LogP contribution in [0.3, 0.4) is 0 Å². The second-order valence-electron chi connectivity index (χ2n) is 3.76. The van der Waals surface area contributed by atoms with Crippen molar-refractivity contribution in [1.82, 2.24) is 4.31 Å². The highest BCUT2D eigenvalue weighted by atomic mass is 32.2. The summed E-state index contributed by atoms with van der Waals surface area (Å²) in [6.45, 7) is 1.84. The topological polar surface area (TPSA) is 37.4 Å². The van der Waals surface area contributed by atoms with Crippen LogP contribution in [0, 0.1) is 6.92 Å². The van der Waals surface area contributed by atoms with E-state index < -0.39 is 15.9 Å². The van der Waals surface area contributed by atoms with Crippen molar-refractivity contribution in [2.75, 3.05) is 13.1 Å². The Hall–Kier alpha value is -1.20. The van der Waals surface area contributed by atoms with Crippen molar-refractivity contribution in [1.29, 1.82) is 0 Å². The molecule has 86 valence electrons. The number of aryl methyl sites for hydroxylation is 1. The second-order valence-corrected chi connectivity index (χ2v) is 5.70. The zero-order valence-electron chi connectivity index (χ0n) is 8.85. The SMILES string of the molecule is Cc1ccc(S(=O)(=O)N2CC=C(F)C2)cc1. The number of hydrogen-bond acceptors (Lipinski definition) is 2. The van der Waals surface area contributed by atoms with Crippen molar-refractivity contribution in [3.8, 4) is 0 Å². The summed E-state index contributed by atoms with van der Waals surface area (Å²) in [5.41, 5.74) is 0.990. The Morgan fingerprint density at radius 1 is 1.25 bits per heavy atom. The predicted octanol–water partition coefficient (Wildman–Crippen LogP) is 1.85. The van der Waals surface area contributed by atoms with E-state index in [-0.39, 0.29) is 18.0 Å². The van der Waals surface area contributed by atoms with Gasteiger partial charge in [0.15, 0.2) is 0 Å². The van der Waals surface area contributed by atoms with Crippen LogP contribution >= 0.6 is 0 Å². The van der Waals surface area contributed by atoms with Gasteiger partial charge in [-0.15, -0.1) is 0 Å². The maximum absolute atomic E-state index is 12.8. The van der Waals surface area contributed by atoms with Gasteiger partial charge in [-0.1, -0.05) is 17.7 Å². The van der Waals surface area contributed by atoms with E-state index in [4.69, 9.17) is 0 Å². The molecule has 1 aliphatic rings. The predicted molar refractivity (Wildman–Crippen MR) is 59.1 cm³/mol. The molecule has 0 spiro atoms. The lowest BCUT2D eigenvalue weighted by Crippen LogP contribution is -2.28. The second kappa shape index (κ2) is 3.99. The zero-order chi connectivity index (χ0) is 11.8.